The van der Waals surface area contributed by atoms with Gasteiger partial charge >= 0.3 is 0 Å². The Balaban J connectivity index is 2.04. The molecule has 0 aliphatic rings. The molecule has 1 atom stereocenters. The van der Waals surface area contributed by atoms with Crippen LogP contribution in [0.3, 0.4) is 0 Å². The number of amides is 1. The number of halogens is 1. The van der Waals surface area contributed by atoms with E-state index < -0.39 is 0 Å². The zero-order valence-corrected chi connectivity index (χ0v) is 13.8. The molecule has 1 amide bonds. The zero-order valence-electron chi connectivity index (χ0n) is 13.0. The molecule has 22 heavy (non-hydrogen) atoms. The van der Waals surface area contributed by atoms with Gasteiger partial charge in [0.25, 0.3) is 0 Å². The summed E-state index contributed by atoms with van der Waals surface area (Å²) < 4.78 is 12.9. The Hall–Kier alpha value is -1.81. The van der Waals surface area contributed by atoms with E-state index in [4.69, 9.17) is 0 Å². The number of para-hydroxylation sites is 1. The van der Waals surface area contributed by atoms with Gasteiger partial charge in [-0.25, -0.2) is 4.39 Å². The molecule has 116 valence electrons. The first-order valence-corrected chi connectivity index (χ1v) is 8.17. The molecule has 0 unspecified atom stereocenters. The van der Waals surface area contributed by atoms with Crippen molar-refractivity contribution in [3.8, 4) is 0 Å². The highest BCUT2D eigenvalue weighted by Crippen LogP contribution is 2.27. The summed E-state index contributed by atoms with van der Waals surface area (Å²) in [6.45, 7) is 6.05. The Morgan fingerprint density at radius 2 is 1.68 bits per heavy atom. The lowest BCUT2D eigenvalue weighted by atomic mass is 10.0. The minimum Gasteiger partial charge on any atom is -0.325 e. The monoisotopic (exact) mass is 317 g/mol. The average Bonchev–Trinajstić information content (AvgIpc) is 2.49. The van der Waals surface area contributed by atoms with Crippen molar-refractivity contribution in [3.63, 3.8) is 0 Å². The van der Waals surface area contributed by atoms with E-state index in [-0.39, 0.29) is 17.0 Å². The molecular formula is C18H20FNOS. The summed E-state index contributed by atoms with van der Waals surface area (Å²) in [5, 5.41) is 2.73. The van der Waals surface area contributed by atoms with Crippen molar-refractivity contribution in [2.45, 2.75) is 36.8 Å². The fourth-order valence-electron chi connectivity index (χ4n) is 2.12. The maximum absolute atomic E-state index is 12.9. The first-order chi connectivity index (χ1) is 10.5. The summed E-state index contributed by atoms with van der Waals surface area (Å²) in [6, 6.07) is 14.0. The molecule has 1 N–H and O–H groups in total. The minimum atomic E-state index is -0.271. The van der Waals surface area contributed by atoms with Gasteiger partial charge in [0.15, 0.2) is 0 Å². The van der Waals surface area contributed by atoms with Crippen LogP contribution in [-0.4, -0.2) is 11.2 Å². The van der Waals surface area contributed by atoms with Gasteiger partial charge in [-0.15, -0.1) is 11.8 Å². The topological polar surface area (TPSA) is 29.1 Å². The second kappa shape index (κ2) is 7.45. The van der Waals surface area contributed by atoms with Gasteiger partial charge in [0.1, 0.15) is 5.82 Å². The number of carbonyl (C=O) groups is 1. The number of thioether (sulfide) groups is 1. The number of rotatable bonds is 5. The van der Waals surface area contributed by atoms with Gasteiger partial charge in [-0.05, 0) is 48.7 Å². The van der Waals surface area contributed by atoms with Crippen LogP contribution >= 0.6 is 11.8 Å². The van der Waals surface area contributed by atoms with Crippen LogP contribution in [0.5, 0.6) is 0 Å². The second-order valence-corrected chi connectivity index (χ2v) is 6.86. The molecule has 0 saturated heterocycles. The second-order valence-electron chi connectivity index (χ2n) is 5.45. The molecule has 0 aliphatic carbocycles. The average molecular weight is 317 g/mol. The smallest absolute Gasteiger partial charge is 0.237 e. The Morgan fingerprint density at radius 1 is 1.05 bits per heavy atom. The van der Waals surface area contributed by atoms with E-state index in [0.717, 1.165) is 16.1 Å². The first kappa shape index (κ1) is 16.6. The number of benzene rings is 2. The normalized spacial score (nSPS) is 12.2. The van der Waals surface area contributed by atoms with Gasteiger partial charge in [0.05, 0.1) is 5.25 Å². The van der Waals surface area contributed by atoms with E-state index in [1.54, 1.807) is 12.1 Å². The summed E-state index contributed by atoms with van der Waals surface area (Å²) in [6.07, 6.45) is 0. The van der Waals surface area contributed by atoms with Gasteiger partial charge in [0.2, 0.25) is 5.91 Å². The van der Waals surface area contributed by atoms with Crippen molar-refractivity contribution in [3.05, 3.63) is 59.9 Å². The summed E-state index contributed by atoms with van der Waals surface area (Å²) >= 11 is 1.42. The maximum Gasteiger partial charge on any atom is 0.237 e. The van der Waals surface area contributed by atoms with E-state index in [1.807, 2.05) is 31.2 Å². The Morgan fingerprint density at radius 3 is 2.32 bits per heavy atom. The van der Waals surface area contributed by atoms with E-state index in [1.165, 1.54) is 23.9 Å². The summed E-state index contributed by atoms with van der Waals surface area (Å²) in [5.74, 6) is 0.0197. The molecule has 4 heteroatoms. The molecule has 0 aliphatic heterocycles. The number of carbonyl (C=O) groups excluding carboxylic acids is 1. The Bertz CT molecular complexity index is 640. The van der Waals surface area contributed by atoms with Crippen LogP contribution in [0.25, 0.3) is 0 Å². The number of hydrogen-bond acceptors (Lipinski definition) is 2. The summed E-state index contributed by atoms with van der Waals surface area (Å²) in [7, 11) is 0. The highest BCUT2D eigenvalue weighted by molar-refractivity contribution is 8.00. The quantitative estimate of drug-likeness (QED) is 0.780. The molecule has 0 spiro atoms. The molecule has 0 radical (unpaired) electrons. The van der Waals surface area contributed by atoms with Crippen LogP contribution in [0.1, 0.15) is 32.3 Å². The summed E-state index contributed by atoms with van der Waals surface area (Å²) in [5.41, 5.74) is 1.98. The van der Waals surface area contributed by atoms with Crippen LogP contribution in [0.15, 0.2) is 53.4 Å². The molecule has 0 heterocycles. The molecule has 0 bridgehead atoms. The van der Waals surface area contributed by atoms with Crippen molar-refractivity contribution in [2.24, 2.45) is 0 Å². The molecule has 2 rings (SSSR count). The Labute approximate surface area is 135 Å². The minimum absolute atomic E-state index is 0.0533. The fraction of sp³-hybridized carbons (Fsp3) is 0.278. The fourth-order valence-corrected chi connectivity index (χ4v) is 2.99. The lowest BCUT2D eigenvalue weighted by Gasteiger charge is -2.16. The molecule has 0 aromatic heterocycles. The third kappa shape index (κ3) is 4.34. The van der Waals surface area contributed by atoms with E-state index in [9.17, 15) is 9.18 Å². The van der Waals surface area contributed by atoms with Crippen molar-refractivity contribution < 1.29 is 9.18 Å². The van der Waals surface area contributed by atoms with Gasteiger partial charge in [-0.2, -0.15) is 0 Å². The molecule has 2 nitrogen and oxygen atoms in total. The van der Waals surface area contributed by atoms with Crippen molar-refractivity contribution in [1.29, 1.82) is 0 Å². The SMILES string of the molecule is CC(C)c1ccccc1NC(=O)[C@H](C)Sc1ccc(F)cc1. The van der Waals surface area contributed by atoms with E-state index in [2.05, 4.69) is 19.2 Å². The highest BCUT2D eigenvalue weighted by Gasteiger charge is 2.16. The van der Waals surface area contributed by atoms with Crippen molar-refractivity contribution in [1.82, 2.24) is 0 Å². The van der Waals surface area contributed by atoms with Crippen LogP contribution in [-0.2, 0) is 4.79 Å². The molecule has 2 aromatic carbocycles. The van der Waals surface area contributed by atoms with Crippen molar-refractivity contribution >= 4 is 23.4 Å². The van der Waals surface area contributed by atoms with E-state index in [0.29, 0.717) is 5.92 Å². The van der Waals surface area contributed by atoms with Crippen molar-refractivity contribution in [2.75, 3.05) is 5.32 Å². The molecule has 2 aromatic rings. The van der Waals surface area contributed by atoms with Gasteiger partial charge in [0, 0.05) is 10.6 Å². The number of hydrogen-bond donors (Lipinski definition) is 1. The molecular weight excluding hydrogens is 297 g/mol. The molecule has 0 fully saturated rings. The predicted octanol–water partition coefficient (Wildman–Crippen LogP) is 5.07. The first-order valence-electron chi connectivity index (χ1n) is 7.29. The third-order valence-corrected chi connectivity index (χ3v) is 4.45. The van der Waals surface area contributed by atoms with Gasteiger partial charge in [-0.3, -0.25) is 4.79 Å². The van der Waals surface area contributed by atoms with Crippen LogP contribution < -0.4 is 5.32 Å². The molecule has 0 saturated carbocycles. The predicted molar refractivity (Wildman–Crippen MR) is 90.9 cm³/mol. The standard InChI is InChI=1S/C18H20FNOS/c1-12(2)16-6-4-5-7-17(16)20-18(21)13(3)22-15-10-8-14(19)9-11-15/h4-13H,1-3H3,(H,20,21)/t13-/m0/s1. The summed E-state index contributed by atoms with van der Waals surface area (Å²) in [4.78, 5) is 13.2. The van der Waals surface area contributed by atoms with Crippen LogP contribution in [0.4, 0.5) is 10.1 Å². The lowest BCUT2D eigenvalue weighted by molar-refractivity contribution is -0.115. The lowest BCUT2D eigenvalue weighted by Crippen LogP contribution is -2.23. The number of anilines is 1. The van der Waals surface area contributed by atoms with Crippen LogP contribution in [0, 0.1) is 5.82 Å². The highest BCUT2D eigenvalue weighted by atomic mass is 32.2. The largest absolute Gasteiger partial charge is 0.325 e. The zero-order chi connectivity index (χ0) is 16.1. The van der Waals surface area contributed by atoms with E-state index >= 15 is 0 Å². The Kier molecular flexibility index (Phi) is 5.61. The third-order valence-electron chi connectivity index (χ3n) is 3.34. The van der Waals surface area contributed by atoms with Crippen LogP contribution in [0.2, 0.25) is 0 Å². The van der Waals surface area contributed by atoms with Gasteiger partial charge in [-0.1, -0.05) is 32.0 Å². The maximum atomic E-state index is 12.9. The van der Waals surface area contributed by atoms with Gasteiger partial charge < -0.3 is 5.32 Å². The number of nitrogens with one attached hydrogen (secondary N) is 1.